The number of hydrogen-bond acceptors (Lipinski definition) is 1. The van der Waals surface area contributed by atoms with E-state index < -0.39 is 0 Å². The summed E-state index contributed by atoms with van der Waals surface area (Å²) in [6.45, 7) is 17.9. The third kappa shape index (κ3) is 3.18. The Hall–Kier alpha value is -0.300. The Labute approximate surface area is 192 Å². The quantitative estimate of drug-likeness (QED) is 0.453. The van der Waals surface area contributed by atoms with Crippen LogP contribution in [0.3, 0.4) is 0 Å². The maximum atomic E-state index is 10.3. The molecule has 0 amide bonds. The van der Waals surface area contributed by atoms with Crippen molar-refractivity contribution in [1.82, 2.24) is 0 Å². The Morgan fingerprint density at radius 2 is 1.55 bits per heavy atom. The Morgan fingerprint density at radius 1 is 0.871 bits per heavy atom. The van der Waals surface area contributed by atoms with Crippen LogP contribution in [0, 0.1) is 63.6 Å². The SMILES string of the molecule is CC(C)[C@H](C)[C@@]1(C)C[C@@H]1[C@@H](C)[C@H]1CC[C@H]2C3=CC[C@@H]4C[C@@H](O)CC[C@]4(C)[C@H]3CC[C@]12C. The van der Waals surface area contributed by atoms with Crippen LogP contribution in [0.25, 0.3) is 0 Å². The molecule has 0 radical (unpaired) electrons. The molecule has 0 aromatic heterocycles. The lowest BCUT2D eigenvalue weighted by Crippen LogP contribution is -2.50. The highest BCUT2D eigenvalue weighted by atomic mass is 16.3. The second kappa shape index (κ2) is 7.35. The molecule has 1 nitrogen and oxygen atoms in total. The molecule has 0 aromatic rings. The third-order valence-corrected chi connectivity index (χ3v) is 12.8. The second-order valence-electron chi connectivity index (χ2n) is 14.1. The van der Waals surface area contributed by atoms with Gasteiger partial charge in [-0.05, 0) is 121 Å². The summed E-state index contributed by atoms with van der Waals surface area (Å²) in [6, 6.07) is 0. The largest absolute Gasteiger partial charge is 0.393 e. The third-order valence-electron chi connectivity index (χ3n) is 12.8. The van der Waals surface area contributed by atoms with E-state index in [0.717, 1.165) is 60.2 Å². The average Bonchev–Trinajstić information content (AvgIpc) is 3.29. The second-order valence-corrected chi connectivity index (χ2v) is 14.1. The van der Waals surface area contributed by atoms with E-state index in [1.807, 2.05) is 5.57 Å². The van der Waals surface area contributed by atoms with Crippen LogP contribution in [0.5, 0.6) is 0 Å². The van der Waals surface area contributed by atoms with Crippen LogP contribution in [0.15, 0.2) is 11.6 Å². The van der Waals surface area contributed by atoms with Crippen molar-refractivity contribution >= 4 is 0 Å². The molecule has 5 aliphatic carbocycles. The topological polar surface area (TPSA) is 20.2 Å². The number of hydrogen-bond donors (Lipinski definition) is 1. The maximum Gasteiger partial charge on any atom is 0.0543 e. The first kappa shape index (κ1) is 22.5. The highest BCUT2D eigenvalue weighted by molar-refractivity contribution is 5.28. The van der Waals surface area contributed by atoms with E-state index >= 15 is 0 Å². The number of rotatable bonds is 4. The highest BCUT2D eigenvalue weighted by Gasteiger charge is 2.63. The number of aliphatic hydroxyl groups excluding tert-OH is 1. The van der Waals surface area contributed by atoms with Gasteiger partial charge in [-0.3, -0.25) is 0 Å². The van der Waals surface area contributed by atoms with Gasteiger partial charge in [0, 0.05) is 0 Å². The Balaban J connectivity index is 1.36. The van der Waals surface area contributed by atoms with Gasteiger partial charge in [0.1, 0.15) is 0 Å². The van der Waals surface area contributed by atoms with E-state index in [1.165, 1.54) is 44.9 Å². The fourth-order valence-electron chi connectivity index (χ4n) is 10.2. The van der Waals surface area contributed by atoms with E-state index in [9.17, 15) is 5.11 Å². The molecule has 0 saturated heterocycles. The molecular formula is C30H50O. The van der Waals surface area contributed by atoms with Gasteiger partial charge in [0.25, 0.3) is 0 Å². The van der Waals surface area contributed by atoms with Gasteiger partial charge in [0.2, 0.25) is 0 Å². The molecular weight excluding hydrogens is 376 g/mol. The van der Waals surface area contributed by atoms with Gasteiger partial charge in [0.15, 0.2) is 0 Å². The van der Waals surface area contributed by atoms with Crippen molar-refractivity contribution in [1.29, 1.82) is 0 Å². The Bertz CT molecular complexity index is 737. The number of aliphatic hydroxyl groups is 1. The van der Waals surface area contributed by atoms with Crippen LogP contribution < -0.4 is 0 Å². The summed E-state index contributed by atoms with van der Waals surface area (Å²) in [6.07, 6.45) is 14.5. The summed E-state index contributed by atoms with van der Waals surface area (Å²) >= 11 is 0. The molecule has 5 aliphatic rings. The van der Waals surface area contributed by atoms with Crippen molar-refractivity contribution in [3.05, 3.63) is 11.6 Å². The monoisotopic (exact) mass is 426 g/mol. The highest BCUT2D eigenvalue weighted by Crippen LogP contribution is 2.71. The molecule has 1 N–H and O–H groups in total. The zero-order valence-electron chi connectivity index (χ0n) is 21.6. The fraction of sp³-hybridized carbons (Fsp3) is 0.933. The van der Waals surface area contributed by atoms with E-state index in [1.54, 1.807) is 0 Å². The smallest absolute Gasteiger partial charge is 0.0543 e. The van der Waals surface area contributed by atoms with E-state index in [4.69, 9.17) is 0 Å². The minimum atomic E-state index is -0.0420. The molecule has 4 saturated carbocycles. The van der Waals surface area contributed by atoms with E-state index in [0.29, 0.717) is 16.2 Å². The fourth-order valence-corrected chi connectivity index (χ4v) is 10.2. The summed E-state index contributed by atoms with van der Waals surface area (Å²) in [5, 5.41) is 10.3. The lowest BCUT2D eigenvalue weighted by atomic mass is 9.47. The summed E-state index contributed by atoms with van der Waals surface area (Å²) in [7, 11) is 0. The van der Waals surface area contributed by atoms with Crippen molar-refractivity contribution in [3.8, 4) is 0 Å². The molecule has 176 valence electrons. The first-order valence-electron chi connectivity index (χ1n) is 13.9. The van der Waals surface area contributed by atoms with Crippen LogP contribution in [0.2, 0.25) is 0 Å². The van der Waals surface area contributed by atoms with Crippen LogP contribution in [0.1, 0.15) is 106 Å². The molecule has 0 aromatic carbocycles. The maximum absolute atomic E-state index is 10.3. The molecule has 31 heavy (non-hydrogen) atoms. The summed E-state index contributed by atoms with van der Waals surface area (Å²) in [5.74, 6) is 6.77. The molecule has 0 heterocycles. The minimum absolute atomic E-state index is 0.0420. The van der Waals surface area contributed by atoms with Crippen LogP contribution in [-0.2, 0) is 0 Å². The van der Waals surface area contributed by atoms with Crippen molar-refractivity contribution in [2.24, 2.45) is 63.6 Å². The van der Waals surface area contributed by atoms with Gasteiger partial charge >= 0.3 is 0 Å². The minimum Gasteiger partial charge on any atom is -0.393 e. The Morgan fingerprint density at radius 3 is 2.26 bits per heavy atom. The van der Waals surface area contributed by atoms with E-state index in [2.05, 4.69) is 54.5 Å². The van der Waals surface area contributed by atoms with Crippen LogP contribution in [-0.4, -0.2) is 11.2 Å². The van der Waals surface area contributed by atoms with Gasteiger partial charge in [-0.25, -0.2) is 0 Å². The molecule has 0 unspecified atom stereocenters. The average molecular weight is 427 g/mol. The van der Waals surface area contributed by atoms with E-state index in [-0.39, 0.29) is 6.10 Å². The predicted octanol–water partition coefficient (Wildman–Crippen LogP) is 7.88. The lowest BCUT2D eigenvalue weighted by Gasteiger charge is -2.58. The van der Waals surface area contributed by atoms with Gasteiger partial charge in [-0.2, -0.15) is 0 Å². The van der Waals surface area contributed by atoms with Crippen molar-refractivity contribution in [2.45, 2.75) is 112 Å². The number of allylic oxidation sites excluding steroid dienone is 2. The molecule has 4 fully saturated rings. The van der Waals surface area contributed by atoms with Crippen molar-refractivity contribution in [3.63, 3.8) is 0 Å². The zero-order chi connectivity index (χ0) is 22.3. The summed E-state index contributed by atoms with van der Waals surface area (Å²) in [5.41, 5.74) is 3.46. The first-order valence-corrected chi connectivity index (χ1v) is 13.9. The van der Waals surface area contributed by atoms with Crippen LogP contribution in [0.4, 0.5) is 0 Å². The van der Waals surface area contributed by atoms with Gasteiger partial charge in [0.05, 0.1) is 6.10 Å². The number of fused-ring (bicyclic) bond motifs is 5. The van der Waals surface area contributed by atoms with Crippen molar-refractivity contribution in [2.75, 3.05) is 0 Å². The zero-order valence-corrected chi connectivity index (χ0v) is 21.6. The Kier molecular flexibility index (Phi) is 5.33. The van der Waals surface area contributed by atoms with Gasteiger partial charge in [-0.15, -0.1) is 0 Å². The standard InChI is InChI=1S/C30H50O/c1-18(2)20(4)30(7)17-27(30)19(3)24-10-11-25-23-9-8-21-16-22(31)12-14-28(21,5)26(23)13-15-29(24,25)6/h9,18-22,24-27,31H,8,10-17H2,1-7H3/t19-,20-,21+,22-,24+,25-,26-,27+,28-,29+,30+/m0/s1. The van der Waals surface area contributed by atoms with Gasteiger partial charge in [-0.1, -0.05) is 60.1 Å². The molecule has 11 atom stereocenters. The lowest BCUT2D eigenvalue weighted by molar-refractivity contribution is -0.0436. The normalized spacial score (nSPS) is 53.3. The molecule has 0 bridgehead atoms. The molecule has 5 rings (SSSR count). The summed E-state index contributed by atoms with van der Waals surface area (Å²) in [4.78, 5) is 0. The van der Waals surface area contributed by atoms with Gasteiger partial charge < -0.3 is 5.11 Å². The van der Waals surface area contributed by atoms with Crippen LogP contribution >= 0.6 is 0 Å². The predicted molar refractivity (Wildman–Crippen MR) is 131 cm³/mol. The first-order chi connectivity index (χ1) is 14.5. The molecule has 0 aliphatic heterocycles. The summed E-state index contributed by atoms with van der Waals surface area (Å²) < 4.78 is 0. The van der Waals surface area contributed by atoms with Crippen molar-refractivity contribution < 1.29 is 5.11 Å². The molecule has 1 heteroatoms. The molecule has 0 spiro atoms.